The third-order valence-electron chi connectivity index (χ3n) is 4.13. The minimum absolute atomic E-state index is 0.210. The highest BCUT2D eigenvalue weighted by Crippen LogP contribution is 2.29. The molecule has 1 heteroatoms. The Bertz CT molecular complexity index is 1010. The molecule has 0 bridgehead atoms. The van der Waals surface area contributed by atoms with Gasteiger partial charge < -0.3 is 0 Å². The molecule has 0 aliphatic rings. The fourth-order valence-electron chi connectivity index (χ4n) is 2.98. The molecular formula is C22H15F. The molecule has 0 unspecified atom stereocenters. The van der Waals surface area contributed by atoms with Gasteiger partial charge in [-0.15, -0.1) is 0 Å². The number of fused-ring (bicyclic) bond motifs is 3. The van der Waals surface area contributed by atoms with E-state index in [1.807, 2.05) is 6.08 Å². The van der Waals surface area contributed by atoms with Gasteiger partial charge in [0.15, 0.2) is 0 Å². The van der Waals surface area contributed by atoms with Gasteiger partial charge in [0.1, 0.15) is 5.82 Å². The summed E-state index contributed by atoms with van der Waals surface area (Å²) in [5.41, 5.74) is 2.16. The summed E-state index contributed by atoms with van der Waals surface area (Å²) in [6.45, 7) is 0. The second-order valence-corrected chi connectivity index (χ2v) is 5.62. The van der Waals surface area contributed by atoms with Gasteiger partial charge in [0.2, 0.25) is 0 Å². The van der Waals surface area contributed by atoms with Gasteiger partial charge in [0.05, 0.1) is 0 Å². The molecule has 0 saturated heterocycles. The molecule has 0 fully saturated rings. The third-order valence-corrected chi connectivity index (χ3v) is 4.13. The second-order valence-electron chi connectivity index (χ2n) is 5.62. The van der Waals surface area contributed by atoms with E-state index in [1.54, 1.807) is 12.1 Å². The molecule has 0 nitrogen and oxygen atoms in total. The molecule has 0 aliphatic heterocycles. The standard InChI is InChI=1S/C22H15F/c23-19-13-10-16(11-14-19)9-12-18-15-17-5-1-2-6-20(17)22-8-4-3-7-21(18)22/h1-15H/b12-9+. The number of benzene rings is 4. The minimum Gasteiger partial charge on any atom is -0.207 e. The summed E-state index contributed by atoms with van der Waals surface area (Å²) in [6.07, 6.45) is 4.12. The van der Waals surface area contributed by atoms with Gasteiger partial charge in [-0.2, -0.15) is 0 Å². The van der Waals surface area contributed by atoms with Crippen molar-refractivity contribution in [2.45, 2.75) is 0 Å². The van der Waals surface area contributed by atoms with Crippen LogP contribution in [0.3, 0.4) is 0 Å². The number of hydrogen-bond donors (Lipinski definition) is 0. The molecular weight excluding hydrogens is 283 g/mol. The fourth-order valence-corrected chi connectivity index (χ4v) is 2.98. The van der Waals surface area contributed by atoms with Crippen molar-refractivity contribution >= 4 is 33.7 Å². The van der Waals surface area contributed by atoms with Crippen LogP contribution in [0.25, 0.3) is 33.7 Å². The predicted molar refractivity (Wildman–Crippen MR) is 96.8 cm³/mol. The number of hydrogen-bond acceptors (Lipinski definition) is 0. The summed E-state index contributed by atoms with van der Waals surface area (Å²) in [5.74, 6) is -0.210. The first-order valence-corrected chi connectivity index (χ1v) is 7.65. The van der Waals surface area contributed by atoms with Crippen molar-refractivity contribution in [3.05, 3.63) is 95.8 Å². The highest BCUT2D eigenvalue weighted by Gasteiger charge is 2.03. The van der Waals surface area contributed by atoms with E-state index >= 15 is 0 Å². The maximum atomic E-state index is 13.0. The van der Waals surface area contributed by atoms with E-state index in [9.17, 15) is 4.39 Å². The van der Waals surface area contributed by atoms with Gasteiger partial charge in [0, 0.05) is 0 Å². The Morgan fingerprint density at radius 3 is 2.04 bits per heavy atom. The van der Waals surface area contributed by atoms with Crippen molar-refractivity contribution < 1.29 is 4.39 Å². The van der Waals surface area contributed by atoms with Crippen LogP contribution in [-0.2, 0) is 0 Å². The van der Waals surface area contributed by atoms with Gasteiger partial charge in [-0.3, -0.25) is 0 Å². The minimum atomic E-state index is -0.210. The van der Waals surface area contributed by atoms with E-state index in [0.29, 0.717) is 0 Å². The van der Waals surface area contributed by atoms with Crippen LogP contribution in [0.2, 0.25) is 0 Å². The highest BCUT2D eigenvalue weighted by atomic mass is 19.1. The van der Waals surface area contributed by atoms with Gasteiger partial charge in [-0.05, 0) is 50.9 Å². The Labute approximate surface area is 134 Å². The predicted octanol–water partition coefficient (Wildman–Crippen LogP) is 6.30. The molecule has 0 amide bonds. The van der Waals surface area contributed by atoms with E-state index in [1.165, 1.54) is 39.2 Å². The first-order chi connectivity index (χ1) is 11.3. The number of halogens is 1. The van der Waals surface area contributed by atoms with E-state index in [4.69, 9.17) is 0 Å². The van der Waals surface area contributed by atoms with Crippen LogP contribution in [0.15, 0.2) is 78.9 Å². The largest absolute Gasteiger partial charge is 0.207 e. The van der Waals surface area contributed by atoms with Crippen molar-refractivity contribution in [1.29, 1.82) is 0 Å². The highest BCUT2D eigenvalue weighted by molar-refractivity contribution is 6.11. The van der Waals surface area contributed by atoms with Crippen molar-refractivity contribution in [3.63, 3.8) is 0 Å². The first kappa shape index (κ1) is 13.7. The quantitative estimate of drug-likeness (QED) is 0.301. The van der Waals surface area contributed by atoms with E-state index in [-0.39, 0.29) is 5.82 Å². The molecule has 4 rings (SSSR count). The van der Waals surface area contributed by atoms with Crippen LogP contribution in [-0.4, -0.2) is 0 Å². The van der Waals surface area contributed by atoms with Gasteiger partial charge in [-0.1, -0.05) is 72.8 Å². The van der Waals surface area contributed by atoms with Crippen LogP contribution in [0.5, 0.6) is 0 Å². The zero-order valence-electron chi connectivity index (χ0n) is 12.5. The monoisotopic (exact) mass is 298 g/mol. The summed E-state index contributed by atoms with van der Waals surface area (Å²) in [5, 5.41) is 4.97. The molecule has 0 heterocycles. The summed E-state index contributed by atoms with van der Waals surface area (Å²) < 4.78 is 13.0. The molecule has 0 radical (unpaired) electrons. The summed E-state index contributed by atoms with van der Waals surface area (Å²) >= 11 is 0. The van der Waals surface area contributed by atoms with Crippen molar-refractivity contribution in [2.24, 2.45) is 0 Å². The van der Waals surface area contributed by atoms with Crippen molar-refractivity contribution in [3.8, 4) is 0 Å². The lowest BCUT2D eigenvalue weighted by molar-refractivity contribution is 0.628. The Kier molecular flexibility index (Phi) is 3.39. The first-order valence-electron chi connectivity index (χ1n) is 7.65. The summed E-state index contributed by atoms with van der Waals surface area (Å²) in [4.78, 5) is 0. The zero-order valence-corrected chi connectivity index (χ0v) is 12.5. The Morgan fingerprint density at radius 2 is 1.26 bits per heavy atom. The lowest BCUT2D eigenvalue weighted by Crippen LogP contribution is -1.82. The summed E-state index contributed by atoms with van der Waals surface area (Å²) in [7, 11) is 0. The molecule has 23 heavy (non-hydrogen) atoms. The van der Waals surface area contributed by atoms with Crippen LogP contribution in [0, 0.1) is 5.82 Å². The van der Waals surface area contributed by atoms with Gasteiger partial charge >= 0.3 is 0 Å². The average molecular weight is 298 g/mol. The molecule has 4 aromatic rings. The average Bonchev–Trinajstić information content (AvgIpc) is 2.61. The lowest BCUT2D eigenvalue weighted by Gasteiger charge is -2.07. The van der Waals surface area contributed by atoms with Gasteiger partial charge in [-0.25, -0.2) is 4.39 Å². The van der Waals surface area contributed by atoms with E-state index in [0.717, 1.165) is 5.56 Å². The molecule has 0 aliphatic carbocycles. The normalized spacial score (nSPS) is 11.5. The molecule has 4 aromatic carbocycles. The van der Waals surface area contributed by atoms with Crippen LogP contribution < -0.4 is 0 Å². The molecule has 110 valence electrons. The SMILES string of the molecule is Fc1ccc(/C=C/c2cc3ccccc3c3ccccc23)cc1. The van der Waals surface area contributed by atoms with Gasteiger partial charge in [0.25, 0.3) is 0 Å². The van der Waals surface area contributed by atoms with E-state index in [2.05, 4.69) is 60.7 Å². The fraction of sp³-hybridized carbons (Fsp3) is 0. The Balaban J connectivity index is 1.89. The Morgan fingerprint density at radius 1 is 0.609 bits per heavy atom. The molecule has 0 N–H and O–H groups in total. The molecule has 0 atom stereocenters. The van der Waals surface area contributed by atoms with Crippen LogP contribution in [0.1, 0.15) is 11.1 Å². The third kappa shape index (κ3) is 2.62. The molecule has 0 saturated carbocycles. The molecule has 0 aromatic heterocycles. The molecule has 0 spiro atoms. The topological polar surface area (TPSA) is 0 Å². The lowest BCUT2D eigenvalue weighted by atomic mass is 9.97. The van der Waals surface area contributed by atoms with Crippen LogP contribution >= 0.6 is 0 Å². The maximum Gasteiger partial charge on any atom is 0.123 e. The second kappa shape index (κ2) is 5.69. The Hall–Kier alpha value is -2.93. The smallest absolute Gasteiger partial charge is 0.123 e. The van der Waals surface area contributed by atoms with E-state index < -0.39 is 0 Å². The van der Waals surface area contributed by atoms with Crippen molar-refractivity contribution in [1.82, 2.24) is 0 Å². The zero-order chi connectivity index (χ0) is 15.6. The maximum absolute atomic E-state index is 13.0. The number of rotatable bonds is 2. The van der Waals surface area contributed by atoms with Crippen LogP contribution in [0.4, 0.5) is 4.39 Å². The van der Waals surface area contributed by atoms with Crippen molar-refractivity contribution in [2.75, 3.05) is 0 Å². The summed E-state index contributed by atoms with van der Waals surface area (Å²) in [6, 6.07) is 25.6.